The molecule has 0 radical (unpaired) electrons. The first-order valence-corrected chi connectivity index (χ1v) is 7.98. The van der Waals surface area contributed by atoms with Gasteiger partial charge < -0.3 is 5.11 Å². The SMILES string of the molecule is O=C(c1cc(F)c(F)c(CO)c1F)N(c1cc(F)c(F)cc1F)C(F)(C(F)(F)F)C(F)(F)F. The zero-order chi connectivity index (χ0) is 25.7. The Hall–Kier alpha value is -3.04. The van der Waals surface area contributed by atoms with Gasteiger partial charge in [-0.15, -0.1) is 0 Å². The molecule has 1 N–H and O–H groups in total. The molecule has 0 saturated carbocycles. The maximum Gasteiger partial charge on any atom is 0.452 e. The van der Waals surface area contributed by atoms with Crippen molar-refractivity contribution >= 4 is 11.6 Å². The first-order chi connectivity index (χ1) is 14.9. The Labute approximate surface area is 173 Å². The molecule has 0 aliphatic carbocycles. The molecule has 2 aromatic rings. The summed E-state index contributed by atoms with van der Waals surface area (Å²) in [5.41, 5.74) is -6.53. The standard InChI is InChI=1S/C17H6F13NO2/c18-7-2-9(20)11(3-8(7)19)31(15(24,16(25,26)27)17(28,29)30)14(33)5-1-10(21)13(23)6(4-32)12(5)22/h1-3,32H,4H2. The molecule has 2 rings (SSSR count). The summed E-state index contributed by atoms with van der Waals surface area (Å²) in [6.45, 7) is -1.78. The molecule has 0 aliphatic heterocycles. The summed E-state index contributed by atoms with van der Waals surface area (Å²) in [6, 6.07) is -2.04. The van der Waals surface area contributed by atoms with Gasteiger partial charge in [-0.25, -0.2) is 26.3 Å². The van der Waals surface area contributed by atoms with E-state index in [1.165, 1.54) is 0 Å². The van der Waals surface area contributed by atoms with Crippen molar-refractivity contribution < 1.29 is 67.0 Å². The molecule has 0 spiro atoms. The second-order valence-corrected chi connectivity index (χ2v) is 6.15. The van der Waals surface area contributed by atoms with Crippen LogP contribution < -0.4 is 4.90 Å². The van der Waals surface area contributed by atoms with E-state index in [-0.39, 0.29) is 0 Å². The maximum atomic E-state index is 14.7. The van der Waals surface area contributed by atoms with E-state index in [0.29, 0.717) is 0 Å². The molecule has 0 saturated heterocycles. The van der Waals surface area contributed by atoms with Crippen LogP contribution in [0.3, 0.4) is 0 Å². The van der Waals surface area contributed by atoms with Crippen molar-refractivity contribution in [3.8, 4) is 0 Å². The maximum absolute atomic E-state index is 14.7. The van der Waals surface area contributed by atoms with Gasteiger partial charge in [0.05, 0.1) is 23.4 Å². The summed E-state index contributed by atoms with van der Waals surface area (Å²) in [5.74, 6) is -24.1. The second-order valence-electron chi connectivity index (χ2n) is 6.15. The van der Waals surface area contributed by atoms with E-state index >= 15 is 0 Å². The number of benzene rings is 2. The fourth-order valence-electron chi connectivity index (χ4n) is 2.58. The van der Waals surface area contributed by atoms with Crippen LogP contribution in [0.4, 0.5) is 62.8 Å². The van der Waals surface area contributed by atoms with E-state index in [2.05, 4.69) is 0 Å². The van der Waals surface area contributed by atoms with Crippen molar-refractivity contribution in [2.75, 3.05) is 4.90 Å². The molecule has 0 aliphatic rings. The molecule has 0 fully saturated rings. The van der Waals surface area contributed by atoms with Crippen LogP contribution in [0.25, 0.3) is 0 Å². The summed E-state index contributed by atoms with van der Waals surface area (Å²) in [4.78, 5) is 10.3. The number of alkyl halides is 7. The molecule has 0 aromatic heterocycles. The fourth-order valence-corrected chi connectivity index (χ4v) is 2.58. The molecular weight excluding hydrogens is 497 g/mol. The van der Waals surface area contributed by atoms with E-state index in [1.54, 1.807) is 0 Å². The summed E-state index contributed by atoms with van der Waals surface area (Å²) >= 11 is 0. The first kappa shape index (κ1) is 26.2. The lowest BCUT2D eigenvalue weighted by atomic mass is 10.0. The van der Waals surface area contributed by atoms with E-state index < -0.39 is 105 Å². The topological polar surface area (TPSA) is 40.5 Å². The molecule has 1 amide bonds. The van der Waals surface area contributed by atoms with Crippen LogP contribution in [-0.2, 0) is 6.61 Å². The lowest BCUT2D eigenvalue weighted by Crippen LogP contribution is -2.67. The van der Waals surface area contributed by atoms with Gasteiger partial charge in [-0.3, -0.25) is 9.69 Å². The Balaban J connectivity index is 3.01. The monoisotopic (exact) mass is 503 g/mol. The molecule has 0 unspecified atom stereocenters. The van der Waals surface area contributed by atoms with Gasteiger partial charge in [0.1, 0.15) is 11.6 Å². The number of amides is 1. The smallest absolute Gasteiger partial charge is 0.391 e. The van der Waals surface area contributed by atoms with Gasteiger partial charge in [-0.2, -0.15) is 30.7 Å². The van der Waals surface area contributed by atoms with Crippen LogP contribution in [0, 0.1) is 34.9 Å². The van der Waals surface area contributed by atoms with Crippen molar-refractivity contribution in [2.45, 2.75) is 24.8 Å². The van der Waals surface area contributed by atoms with Crippen molar-refractivity contribution in [3.63, 3.8) is 0 Å². The third kappa shape index (κ3) is 4.18. The van der Waals surface area contributed by atoms with Crippen LogP contribution in [-0.4, -0.2) is 29.2 Å². The number of hydrogen-bond acceptors (Lipinski definition) is 2. The number of aliphatic hydroxyl groups is 1. The minimum absolute atomic E-state index is 0.607. The number of nitrogens with zero attached hydrogens (tertiary/aromatic N) is 1. The lowest BCUT2D eigenvalue weighted by molar-refractivity contribution is -0.338. The molecule has 0 bridgehead atoms. The van der Waals surface area contributed by atoms with E-state index in [4.69, 9.17) is 5.11 Å². The number of anilines is 1. The number of carbonyl (C=O) groups is 1. The molecule has 2 aromatic carbocycles. The lowest BCUT2D eigenvalue weighted by Gasteiger charge is -2.39. The van der Waals surface area contributed by atoms with Crippen molar-refractivity contribution in [3.05, 3.63) is 64.2 Å². The van der Waals surface area contributed by atoms with Gasteiger partial charge in [-0.1, -0.05) is 0 Å². The number of rotatable bonds is 4. The molecular formula is C17H6F13NO2. The number of carbonyl (C=O) groups excluding carboxylic acids is 1. The highest BCUT2D eigenvalue weighted by atomic mass is 19.4. The number of aliphatic hydroxyl groups excluding tert-OH is 1. The van der Waals surface area contributed by atoms with Crippen LogP contribution in [0.5, 0.6) is 0 Å². The van der Waals surface area contributed by atoms with Crippen LogP contribution >= 0.6 is 0 Å². The van der Waals surface area contributed by atoms with Crippen LogP contribution in [0.2, 0.25) is 0 Å². The highest BCUT2D eigenvalue weighted by Gasteiger charge is 2.78. The Morgan fingerprint density at radius 3 is 1.67 bits per heavy atom. The predicted octanol–water partition coefficient (Wildman–Crippen LogP) is 5.45. The molecule has 0 heterocycles. The highest BCUT2D eigenvalue weighted by Crippen LogP contribution is 2.51. The third-order valence-corrected chi connectivity index (χ3v) is 4.13. The van der Waals surface area contributed by atoms with Gasteiger partial charge in [0.25, 0.3) is 5.91 Å². The number of hydrogen-bond donors (Lipinski definition) is 1. The Kier molecular flexibility index (Phi) is 6.66. The average Bonchev–Trinajstić information content (AvgIpc) is 2.67. The summed E-state index contributed by atoms with van der Waals surface area (Å²) < 4.78 is 177. The minimum Gasteiger partial charge on any atom is -0.391 e. The van der Waals surface area contributed by atoms with Crippen molar-refractivity contribution in [1.29, 1.82) is 0 Å². The van der Waals surface area contributed by atoms with Gasteiger partial charge >= 0.3 is 18.1 Å². The van der Waals surface area contributed by atoms with Gasteiger partial charge in [0, 0.05) is 12.1 Å². The molecule has 16 heteroatoms. The van der Waals surface area contributed by atoms with Gasteiger partial charge in [0.2, 0.25) is 0 Å². The molecule has 33 heavy (non-hydrogen) atoms. The normalized spacial score (nSPS) is 12.8. The second kappa shape index (κ2) is 8.39. The fraction of sp³-hybridized carbons (Fsp3) is 0.235. The molecule has 182 valence electrons. The largest absolute Gasteiger partial charge is 0.452 e. The number of halogens is 13. The molecule has 0 atom stereocenters. The zero-order valence-electron chi connectivity index (χ0n) is 15.2. The van der Waals surface area contributed by atoms with Gasteiger partial charge in [-0.05, 0) is 6.07 Å². The van der Waals surface area contributed by atoms with E-state index in [9.17, 15) is 61.9 Å². The molecule has 3 nitrogen and oxygen atoms in total. The average molecular weight is 503 g/mol. The predicted molar refractivity (Wildman–Crippen MR) is 81.3 cm³/mol. The highest BCUT2D eigenvalue weighted by molar-refractivity contribution is 6.07. The van der Waals surface area contributed by atoms with E-state index in [0.717, 1.165) is 0 Å². The Morgan fingerprint density at radius 1 is 0.727 bits per heavy atom. The van der Waals surface area contributed by atoms with Crippen LogP contribution in [0.1, 0.15) is 15.9 Å². The Morgan fingerprint density at radius 2 is 1.21 bits per heavy atom. The minimum atomic E-state index is -7.17. The summed E-state index contributed by atoms with van der Waals surface area (Å²) in [7, 11) is 0. The van der Waals surface area contributed by atoms with Gasteiger partial charge in [0.15, 0.2) is 23.3 Å². The summed E-state index contributed by atoms with van der Waals surface area (Å²) in [5, 5.41) is 8.86. The third-order valence-electron chi connectivity index (χ3n) is 4.13. The van der Waals surface area contributed by atoms with E-state index in [1.807, 2.05) is 0 Å². The quantitative estimate of drug-likeness (QED) is 0.343. The van der Waals surface area contributed by atoms with Crippen molar-refractivity contribution in [2.24, 2.45) is 0 Å². The Bertz CT molecular complexity index is 1080. The van der Waals surface area contributed by atoms with Crippen molar-refractivity contribution in [1.82, 2.24) is 0 Å². The summed E-state index contributed by atoms with van der Waals surface area (Å²) in [6.07, 6.45) is -14.3. The van der Waals surface area contributed by atoms with Crippen LogP contribution in [0.15, 0.2) is 18.2 Å². The first-order valence-electron chi connectivity index (χ1n) is 7.98. The zero-order valence-corrected chi connectivity index (χ0v) is 15.2.